The average molecular weight is 300 g/mol. The highest BCUT2D eigenvalue weighted by molar-refractivity contribution is 5.83. The number of aromatic nitrogens is 2. The third-order valence-corrected chi connectivity index (χ3v) is 3.61. The highest BCUT2D eigenvalue weighted by atomic mass is 19.4. The Labute approximate surface area is 119 Å². The minimum atomic E-state index is -4.73. The Morgan fingerprint density at radius 3 is 2.19 bits per heavy atom. The Bertz CT molecular complexity index is 730. The van der Waals surface area contributed by atoms with Gasteiger partial charge in [0.25, 0.3) is 0 Å². The van der Waals surface area contributed by atoms with Crippen LogP contribution in [-0.4, -0.2) is 20.6 Å². The van der Waals surface area contributed by atoms with Crippen molar-refractivity contribution in [2.75, 3.05) is 0 Å². The van der Waals surface area contributed by atoms with Crippen LogP contribution in [0.1, 0.15) is 30.8 Å². The maximum atomic E-state index is 13.2. The lowest BCUT2D eigenvalue weighted by atomic mass is 10.0. The van der Waals surface area contributed by atoms with Gasteiger partial charge in [0.2, 0.25) is 5.82 Å². The first-order chi connectivity index (χ1) is 9.46. The van der Waals surface area contributed by atoms with E-state index in [0.29, 0.717) is 0 Å². The molecular weight excluding hydrogens is 285 g/mol. The van der Waals surface area contributed by atoms with E-state index in [9.17, 15) is 23.1 Å². The summed E-state index contributed by atoms with van der Waals surface area (Å²) in [5.41, 5.74) is 0.117. The molecule has 0 aliphatic rings. The van der Waals surface area contributed by atoms with Gasteiger partial charge in [0, 0.05) is 0 Å². The SMILES string of the molecule is Cc1cc2nc(C(F)(F)F)n(C(C)(C)C(=O)O)c2cc1C. The molecule has 0 aliphatic carbocycles. The molecule has 2 aromatic rings. The number of aryl methyl sites for hydroxylation is 2. The van der Waals surface area contributed by atoms with Crippen LogP contribution in [0.25, 0.3) is 11.0 Å². The summed E-state index contributed by atoms with van der Waals surface area (Å²) in [6.07, 6.45) is -4.73. The average Bonchev–Trinajstić information content (AvgIpc) is 2.68. The molecule has 0 spiro atoms. The van der Waals surface area contributed by atoms with Gasteiger partial charge < -0.3 is 9.67 Å². The van der Waals surface area contributed by atoms with Crippen molar-refractivity contribution in [2.45, 2.75) is 39.4 Å². The molecule has 21 heavy (non-hydrogen) atoms. The number of fused-ring (bicyclic) bond motifs is 1. The van der Waals surface area contributed by atoms with E-state index in [0.717, 1.165) is 15.7 Å². The largest absolute Gasteiger partial charge is 0.480 e. The first kappa shape index (κ1) is 15.3. The lowest BCUT2D eigenvalue weighted by molar-refractivity contribution is -0.154. The second kappa shape index (κ2) is 4.47. The van der Waals surface area contributed by atoms with Crippen molar-refractivity contribution in [2.24, 2.45) is 0 Å². The molecule has 0 amide bonds. The summed E-state index contributed by atoms with van der Waals surface area (Å²) in [6.45, 7) is 5.97. The predicted octanol–water partition coefficient (Wildman–Crippen LogP) is 3.49. The van der Waals surface area contributed by atoms with E-state index < -0.39 is 23.5 Å². The molecule has 0 fully saturated rings. The fourth-order valence-corrected chi connectivity index (χ4v) is 2.18. The summed E-state index contributed by atoms with van der Waals surface area (Å²) < 4.78 is 40.4. The molecule has 0 aliphatic heterocycles. The van der Waals surface area contributed by atoms with E-state index in [1.54, 1.807) is 13.8 Å². The van der Waals surface area contributed by atoms with Gasteiger partial charge in [-0.15, -0.1) is 0 Å². The number of imidazole rings is 1. The minimum Gasteiger partial charge on any atom is -0.480 e. The number of hydrogen-bond donors (Lipinski definition) is 1. The molecule has 1 N–H and O–H groups in total. The molecule has 0 radical (unpaired) electrons. The van der Waals surface area contributed by atoms with Gasteiger partial charge in [-0.1, -0.05) is 0 Å². The Morgan fingerprint density at radius 1 is 1.19 bits per heavy atom. The van der Waals surface area contributed by atoms with Gasteiger partial charge in [0.1, 0.15) is 5.54 Å². The summed E-state index contributed by atoms with van der Waals surface area (Å²) in [5, 5.41) is 9.27. The topological polar surface area (TPSA) is 55.1 Å². The van der Waals surface area contributed by atoms with Crippen molar-refractivity contribution >= 4 is 17.0 Å². The molecule has 2 rings (SSSR count). The van der Waals surface area contributed by atoms with Gasteiger partial charge in [0.05, 0.1) is 11.0 Å². The highest BCUT2D eigenvalue weighted by Gasteiger charge is 2.44. The van der Waals surface area contributed by atoms with E-state index in [4.69, 9.17) is 0 Å². The molecule has 0 bridgehead atoms. The number of carbonyl (C=O) groups is 1. The van der Waals surface area contributed by atoms with E-state index in [-0.39, 0.29) is 11.0 Å². The first-order valence-corrected chi connectivity index (χ1v) is 6.27. The zero-order chi connectivity index (χ0) is 16.2. The van der Waals surface area contributed by atoms with Gasteiger partial charge >= 0.3 is 12.1 Å². The number of nitrogens with zero attached hydrogens (tertiary/aromatic N) is 2. The second-order valence-corrected chi connectivity index (χ2v) is 5.56. The zero-order valence-corrected chi connectivity index (χ0v) is 12.0. The zero-order valence-electron chi connectivity index (χ0n) is 12.0. The summed E-state index contributed by atoms with van der Waals surface area (Å²) in [4.78, 5) is 15.0. The normalized spacial score (nSPS) is 12.9. The number of rotatable bonds is 2. The molecule has 0 saturated heterocycles. The number of alkyl halides is 3. The molecule has 0 atom stereocenters. The fraction of sp³-hybridized carbons (Fsp3) is 0.429. The number of hydrogen-bond acceptors (Lipinski definition) is 2. The molecular formula is C14H15F3N2O2. The van der Waals surface area contributed by atoms with Crippen molar-refractivity contribution in [3.63, 3.8) is 0 Å². The quantitative estimate of drug-likeness (QED) is 0.923. The van der Waals surface area contributed by atoms with Crippen LogP contribution < -0.4 is 0 Å². The van der Waals surface area contributed by atoms with E-state index in [2.05, 4.69) is 4.98 Å². The first-order valence-electron chi connectivity index (χ1n) is 6.27. The lowest BCUT2D eigenvalue weighted by Crippen LogP contribution is -2.38. The third kappa shape index (κ3) is 2.36. The fourth-order valence-electron chi connectivity index (χ4n) is 2.18. The third-order valence-electron chi connectivity index (χ3n) is 3.61. The molecule has 7 heteroatoms. The number of aliphatic carboxylic acids is 1. The highest BCUT2D eigenvalue weighted by Crippen LogP contribution is 2.36. The van der Waals surface area contributed by atoms with Crippen LogP contribution >= 0.6 is 0 Å². The van der Waals surface area contributed by atoms with Gasteiger partial charge in [-0.05, 0) is 51.0 Å². The number of carboxylic acid groups (broad SMARTS) is 1. The molecule has 0 saturated carbocycles. The predicted molar refractivity (Wildman–Crippen MR) is 71.2 cm³/mol. The van der Waals surface area contributed by atoms with Crippen LogP contribution in [0.2, 0.25) is 0 Å². The van der Waals surface area contributed by atoms with Crippen LogP contribution in [0.5, 0.6) is 0 Å². The maximum Gasteiger partial charge on any atom is 0.449 e. The van der Waals surface area contributed by atoms with Crippen LogP contribution in [0, 0.1) is 13.8 Å². The lowest BCUT2D eigenvalue weighted by Gasteiger charge is -2.25. The molecule has 1 aromatic heterocycles. The van der Waals surface area contributed by atoms with Crippen LogP contribution in [-0.2, 0) is 16.5 Å². The smallest absolute Gasteiger partial charge is 0.449 e. The number of benzene rings is 1. The van der Waals surface area contributed by atoms with Crippen molar-refractivity contribution in [3.8, 4) is 0 Å². The summed E-state index contributed by atoms with van der Waals surface area (Å²) in [6, 6.07) is 3.08. The van der Waals surface area contributed by atoms with Crippen molar-refractivity contribution in [1.29, 1.82) is 0 Å². The second-order valence-electron chi connectivity index (χ2n) is 5.56. The van der Waals surface area contributed by atoms with Gasteiger partial charge in [-0.3, -0.25) is 0 Å². The minimum absolute atomic E-state index is 0.139. The van der Waals surface area contributed by atoms with E-state index in [1.165, 1.54) is 26.0 Å². The summed E-state index contributed by atoms with van der Waals surface area (Å²) in [7, 11) is 0. The van der Waals surface area contributed by atoms with Crippen LogP contribution in [0.15, 0.2) is 12.1 Å². The summed E-state index contributed by atoms with van der Waals surface area (Å²) >= 11 is 0. The standard InChI is InChI=1S/C14H15F3N2O2/c1-7-5-9-10(6-8(7)2)19(13(3,4)12(20)21)11(18-9)14(15,16)17/h5-6H,1-4H3,(H,20,21). The van der Waals surface area contributed by atoms with Gasteiger partial charge in [0.15, 0.2) is 0 Å². The Morgan fingerprint density at radius 2 is 1.71 bits per heavy atom. The van der Waals surface area contributed by atoms with Crippen molar-refractivity contribution in [1.82, 2.24) is 9.55 Å². The Kier molecular flexibility index (Phi) is 3.27. The summed E-state index contributed by atoms with van der Waals surface area (Å²) in [5.74, 6) is -2.56. The van der Waals surface area contributed by atoms with Gasteiger partial charge in [-0.25, -0.2) is 9.78 Å². The maximum absolute atomic E-state index is 13.2. The van der Waals surface area contributed by atoms with Crippen molar-refractivity contribution < 1.29 is 23.1 Å². The molecule has 114 valence electrons. The van der Waals surface area contributed by atoms with Crippen LogP contribution in [0.3, 0.4) is 0 Å². The number of carboxylic acids is 1. The number of halogens is 3. The molecule has 1 aromatic carbocycles. The Balaban J connectivity index is 2.94. The monoisotopic (exact) mass is 300 g/mol. The Hall–Kier alpha value is -2.05. The van der Waals surface area contributed by atoms with Crippen LogP contribution in [0.4, 0.5) is 13.2 Å². The molecule has 1 heterocycles. The van der Waals surface area contributed by atoms with E-state index in [1.807, 2.05) is 0 Å². The molecule has 4 nitrogen and oxygen atoms in total. The molecule has 0 unspecified atom stereocenters. The van der Waals surface area contributed by atoms with Gasteiger partial charge in [-0.2, -0.15) is 13.2 Å². The van der Waals surface area contributed by atoms with Crippen molar-refractivity contribution in [3.05, 3.63) is 29.1 Å². The van der Waals surface area contributed by atoms with E-state index >= 15 is 0 Å².